The minimum absolute atomic E-state index is 0.0217. The highest BCUT2D eigenvalue weighted by Gasteiger charge is 2.45. The summed E-state index contributed by atoms with van der Waals surface area (Å²) in [6, 6.07) is 18.1. The Morgan fingerprint density at radius 1 is 0.891 bits per heavy atom. The summed E-state index contributed by atoms with van der Waals surface area (Å²) in [6.45, 7) is 6.04. The molecule has 0 spiro atoms. The quantitative estimate of drug-likeness (QED) is 0.207. The van der Waals surface area contributed by atoms with Crippen LogP contribution in [0.25, 0.3) is 10.9 Å². The van der Waals surface area contributed by atoms with Crippen LogP contribution in [0.1, 0.15) is 88.0 Å². The molecule has 6 heterocycles. The Labute approximate surface area is 372 Å². The molecule has 4 aromatic rings. The number of anilines is 2. The fourth-order valence-electron chi connectivity index (χ4n) is 10.1. The molecule has 64 heavy (non-hydrogen) atoms. The Morgan fingerprint density at radius 3 is 2.42 bits per heavy atom. The van der Waals surface area contributed by atoms with Crippen molar-refractivity contribution in [2.45, 2.75) is 75.6 Å². The average molecular weight is 867 g/mol. The number of pyridine rings is 2. The second kappa shape index (κ2) is 18.3. The number of benzene rings is 2. The van der Waals surface area contributed by atoms with Crippen LogP contribution in [-0.4, -0.2) is 138 Å². The molecule has 5 amide bonds. The lowest BCUT2D eigenvalue weighted by Gasteiger charge is -2.45. The predicted molar refractivity (Wildman–Crippen MR) is 239 cm³/mol. The molecule has 1 unspecified atom stereocenters. The number of piperidine rings is 2. The van der Waals surface area contributed by atoms with E-state index in [1.54, 1.807) is 30.6 Å². The van der Waals surface area contributed by atoms with Gasteiger partial charge < -0.3 is 24.8 Å². The Bertz CT molecular complexity index is 2490. The molecule has 2 aromatic carbocycles. The fraction of sp³-hybridized carbons (Fsp3) is 0.458. The van der Waals surface area contributed by atoms with Gasteiger partial charge >= 0.3 is 0 Å². The van der Waals surface area contributed by atoms with Gasteiger partial charge in [0.05, 0.1) is 33.9 Å². The van der Waals surface area contributed by atoms with Crippen molar-refractivity contribution in [3.05, 3.63) is 89.2 Å². The second-order valence-electron chi connectivity index (χ2n) is 18.1. The van der Waals surface area contributed by atoms with Gasteiger partial charge in [0.15, 0.2) is 0 Å². The molecule has 16 heteroatoms. The summed E-state index contributed by atoms with van der Waals surface area (Å²) in [5, 5.41) is 15.8. The fourth-order valence-corrected chi connectivity index (χ4v) is 10.1. The Balaban J connectivity index is 0.740. The highest BCUT2D eigenvalue weighted by molar-refractivity contribution is 6.23. The van der Waals surface area contributed by atoms with Gasteiger partial charge in [-0.1, -0.05) is 0 Å². The number of hydrogen-bond acceptors (Lipinski definition) is 13. The van der Waals surface area contributed by atoms with Crippen molar-refractivity contribution in [2.24, 2.45) is 5.92 Å². The maximum absolute atomic E-state index is 13.5. The van der Waals surface area contributed by atoms with Gasteiger partial charge in [-0.05, 0) is 120 Å². The van der Waals surface area contributed by atoms with Crippen LogP contribution in [-0.2, 0) is 9.59 Å². The summed E-state index contributed by atoms with van der Waals surface area (Å²) in [7, 11) is 4.17. The Morgan fingerprint density at radius 2 is 1.69 bits per heavy atom. The SMILES string of the molecule is CN(C)C[C@@H]1CN(c2ccc3c(c2)C(=O)N(C2CCC(=O)NC2=O)C3=O)CCN1CC1CCN(c2ccc(C(=O)NC3CCC(Oc4ccc(C#N)c5ncccc45)CC3)cn2)CC1. The molecule has 2 atom stereocenters. The maximum atomic E-state index is 13.5. The molecule has 332 valence electrons. The zero-order valence-corrected chi connectivity index (χ0v) is 36.4. The third-order valence-corrected chi connectivity index (χ3v) is 13.6. The third kappa shape index (κ3) is 8.87. The molecule has 0 bridgehead atoms. The van der Waals surface area contributed by atoms with E-state index in [-0.39, 0.29) is 42.5 Å². The highest BCUT2D eigenvalue weighted by atomic mass is 16.5. The number of amides is 5. The second-order valence-corrected chi connectivity index (χ2v) is 18.1. The number of carbonyl (C=O) groups is 5. The number of rotatable bonds is 11. The summed E-state index contributed by atoms with van der Waals surface area (Å²) >= 11 is 0. The molecule has 2 N–H and O–H groups in total. The van der Waals surface area contributed by atoms with Gasteiger partial charge in [0.2, 0.25) is 11.8 Å². The number of piperazine rings is 1. The first kappa shape index (κ1) is 42.8. The summed E-state index contributed by atoms with van der Waals surface area (Å²) in [5.41, 5.74) is 3.18. The Kier molecular flexibility index (Phi) is 12.3. The summed E-state index contributed by atoms with van der Waals surface area (Å²) in [5.74, 6) is 0.0281. The number of likely N-dealkylation sites (N-methyl/N-ethyl adjacent to an activating group) is 1. The number of carbonyl (C=O) groups excluding carboxylic acids is 5. The zero-order valence-electron chi connectivity index (χ0n) is 36.4. The van der Waals surface area contributed by atoms with E-state index in [4.69, 9.17) is 9.72 Å². The minimum Gasteiger partial charge on any atom is -0.490 e. The van der Waals surface area contributed by atoms with Crippen LogP contribution in [0.2, 0.25) is 0 Å². The lowest BCUT2D eigenvalue weighted by molar-refractivity contribution is -0.136. The van der Waals surface area contributed by atoms with Crippen molar-refractivity contribution in [1.82, 2.24) is 35.3 Å². The first-order valence-electron chi connectivity index (χ1n) is 22.5. The predicted octanol–water partition coefficient (Wildman–Crippen LogP) is 3.99. The van der Waals surface area contributed by atoms with Gasteiger partial charge in [-0.25, -0.2) is 4.98 Å². The minimum atomic E-state index is -0.989. The van der Waals surface area contributed by atoms with E-state index in [0.717, 1.165) is 112 Å². The number of nitrogens with zero attached hydrogens (tertiary/aromatic N) is 8. The summed E-state index contributed by atoms with van der Waals surface area (Å²) in [6.07, 6.45) is 8.91. The number of aromatic nitrogens is 2. The van der Waals surface area contributed by atoms with E-state index in [9.17, 15) is 29.2 Å². The zero-order chi connectivity index (χ0) is 44.5. The number of nitriles is 1. The van der Waals surface area contributed by atoms with E-state index in [0.29, 0.717) is 28.1 Å². The monoisotopic (exact) mass is 866 g/mol. The van der Waals surface area contributed by atoms with Gasteiger partial charge in [0.1, 0.15) is 23.7 Å². The average Bonchev–Trinajstić information content (AvgIpc) is 3.55. The molecule has 1 aliphatic carbocycles. The molecule has 16 nitrogen and oxygen atoms in total. The van der Waals surface area contributed by atoms with Crippen LogP contribution in [0.15, 0.2) is 67.0 Å². The summed E-state index contributed by atoms with van der Waals surface area (Å²) < 4.78 is 6.38. The first-order chi connectivity index (χ1) is 31.0. The summed E-state index contributed by atoms with van der Waals surface area (Å²) in [4.78, 5) is 83.9. The van der Waals surface area contributed by atoms with E-state index >= 15 is 0 Å². The third-order valence-electron chi connectivity index (χ3n) is 13.6. The molecule has 0 radical (unpaired) electrons. The number of nitrogens with one attached hydrogen (secondary N) is 2. The molecule has 9 rings (SSSR count). The van der Waals surface area contributed by atoms with Crippen molar-refractivity contribution < 1.29 is 28.7 Å². The van der Waals surface area contributed by atoms with Crippen LogP contribution >= 0.6 is 0 Å². The van der Waals surface area contributed by atoms with Crippen molar-refractivity contribution >= 4 is 51.9 Å². The van der Waals surface area contributed by atoms with Crippen molar-refractivity contribution in [2.75, 3.05) is 69.7 Å². The first-order valence-corrected chi connectivity index (χ1v) is 22.5. The Hall–Kier alpha value is -6.44. The molecule has 3 saturated heterocycles. The van der Waals surface area contributed by atoms with Crippen molar-refractivity contribution in [3.63, 3.8) is 0 Å². The van der Waals surface area contributed by atoms with Crippen LogP contribution in [0.3, 0.4) is 0 Å². The maximum Gasteiger partial charge on any atom is 0.262 e. The van der Waals surface area contributed by atoms with Gasteiger partial charge in [-0.3, -0.25) is 44.1 Å². The standard InChI is InChI=1S/C48H54N10O6/c1-54(2)28-35-29-57(34-9-12-37-39(24-34)48(63)58(47(37)62)40-13-16-43(59)53-46(40)61)23-22-56(35)27-30-17-20-55(21-18-30)42-15-6-32(26-51-42)45(60)52-33-7-10-36(11-8-33)64-41-14-5-31(25-49)44-38(41)4-3-19-50-44/h3-6,9,12,14-15,19,24,26,30,33,35-36,40H,7-8,10-11,13,16-18,20-23,27-29H2,1-2H3,(H,52,60)(H,53,59,61)/t33?,35-,36?,40?/m1/s1. The molecule has 2 aromatic heterocycles. The van der Waals surface area contributed by atoms with Crippen LogP contribution < -0.4 is 25.2 Å². The largest absolute Gasteiger partial charge is 0.490 e. The number of ether oxygens (including phenoxy) is 1. The normalized spacial score (nSPS) is 23.3. The number of fused-ring (bicyclic) bond motifs is 2. The lowest BCUT2D eigenvalue weighted by atomic mass is 9.92. The van der Waals surface area contributed by atoms with Gasteiger partial charge in [-0.2, -0.15) is 5.26 Å². The molecule has 4 fully saturated rings. The van der Waals surface area contributed by atoms with E-state index in [1.807, 2.05) is 36.4 Å². The van der Waals surface area contributed by atoms with Gasteiger partial charge in [-0.15, -0.1) is 0 Å². The van der Waals surface area contributed by atoms with Gasteiger partial charge in [0, 0.05) is 87.8 Å². The van der Waals surface area contributed by atoms with Crippen LogP contribution in [0.4, 0.5) is 11.5 Å². The van der Waals surface area contributed by atoms with E-state index < -0.39 is 29.7 Å². The molecule has 4 aliphatic heterocycles. The molecule has 5 aliphatic rings. The van der Waals surface area contributed by atoms with Gasteiger partial charge in [0.25, 0.3) is 17.7 Å². The highest BCUT2D eigenvalue weighted by Crippen LogP contribution is 2.34. The number of hydrogen-bond donors (Lipinski definition) is 2. The van der Waals surface area contributed by atoms with E-state index in [2.05, 4.69) is 55.4 Å². The topological polar surface area (TPSA) is 184 Å². The van der Waals surface area contributed by atoms with Crippen molar-refractivity contribution in [1.29, 1.82) is 5.26 Å². The smallest absolute Gasteiger partial charge is 0.262 e. The van der Waals surface area contributed by atoms with Crippen molar-refractivity contribution in [3.8, 4) is 11.8 Å². The molecule has 1 saturated carbocycles. The lowest BCUT2D eigenvalue weighted by Crippen LogP contribution is -2.58. The van der Waals surface area contributed by atoms with Crippen LogP contribution in [0, 0.1) is 17.2 Å². The number of imide groups is 2. The van der Waals surface area contributed by atoms with Crippen LogP contribution in [0.5, 0.6) is 5.75 Å². The molecular formula is C48H54N10O6. The van der Waals surface area contributed by atoms with E-state index in [1.165, 1.54) is 0 Å². The molecular weight excluding hydrogens is 813 g/mol.